The largest absolute Gasteiger partial charge is 0.264 e. The summed E-state index contributed by atoms with van der Waals surface area (Å²) in [5.74, 6) is -0.213. The van der Waals surface area contributed by atoms with Crippen LogP contribution in [0.15, 0.2) is 113 Å². The van der Waals surface area contributed by atoms with Crippen molar-refractivity contribution in [2.75, 3.05) is 13.1 Å². The maximum absolute atomic E-state index is 13.9. The van der Waals surface area contributed by atoms with Gasteiger partial charge in [-0.2, -0.15) is 4.31 Å². The predicted molar refractivity (Wildman–Crippen MR) is 140 cm³/mol. The van der Waals surface area contributed by atoms with E-state index in [2.05, 4.69) is 0 Å². The van der Waals surface area contributed by atoms with Crippen molar-refractivity contribution in [2.45, 2.75) is 29.7 Å². The van der Waals surface area contributed by atoms with E-state index < -0.39 is 26.1 Å². The summed E-state index contributed by atoms with van der Waals surface area (Å²) in [6.45, 7) is 4.21. The van der Waals surface area contributed by atoms with E-state index in [1.54, 1.807) is 54.7 Å². The topological polar surface area (TPSA) is 74.8 Å². The van der Waals surface area contributed by atoms with Crippen molar-refractivity contribution < 1.29 is 16.8 Å². The Labute approximate surface area is 213 Å². The molecule has 0 amide bonds. The van der Waals surface area contributed by atoms with Gasteiger partial charge in [0.1, 0.15) is 0 Å². The minimum Gasteiger partial charge on any atom is -0.262 e. The fraction of sp³-hybridized carbons (Fsp3) is 0.214. The maximum Gasteiger partial charge on any atom is 0.264 e. The third kappa shape index (κ3) is 4.52. The van der Waals surface area contributed by atoms with E-state index in [1.807, 2.05) is 56.3 Å². The lowest BCUT2D eigenvalue weighted by Gasteiger charge is -2.28. The summed E-state index contributed by atoms with van der Waals surface area (Å²) < 4.78 is 57.2. The number of hydrogen-bond donors (Lipinski definition) is 0. The number of benzene rings is 3. The van der Waals surface area contributed by atoms with Crippen LogP contribution in [0.25, 0.3) is 0 Å². The Balaban J connectivity index is 1.56. The molecule has 5 rings (SSSR count). The highest BCUT2D eigenvalue weighted by molar-refractivity contribution is 7.89. The lowest BCUT2D eigenvalue weighted by atomic mass is 10.0. The van der Waals surface area contributed by atoms with Crippen LogP contribution in [0.2, 0.25) is 0 Å². The van der Waals surface area contributed by atoms with Crippen LogP contribution in [-0.2, 0) is 20.0 Å². The third-order valence-electron chi connectivity index (χ3n) is 6.72. The molecular formula is C28H28N2O4S2. The zero-order chi connectivity index (χ0) is 25.5. The fourth-order valence-corrected chi connectivity index (χ4v) is 7.56. The number of rotatable bonds is 5. The van der Waals surface area contributed by atoms with E-state index in [0.717, 1.165) is 22.3 Å². The minimum absolute atomic E-state index is 0.132. The maximum atomic E-state index is 13.9. The third-order valence-corrected chi connectivity index (χ3v) is 10.3. The first-order valence-electron chi connectivity index (χ1n) is 11.8. The lowest BCUT2D eigenvalue weighted by molar-refractivity contribution is 0.453. The molecule has 2 aliphatic heterocycles. The normalized spacial score (nSPS) is 20.6. The Morgan fingerprint density at radius 2 is 1.25 bits per heavy atom. The molecule has 0 unspecified atom stereocenters. The van der Waals surface area contributed by atoms with Crippen LogP contribution in [0.4, 0.5) is 0 Å². The van der Waals surface area contributed by atoms with E-state index in [9.17, 15) is 16.8 Å². The quantitative estimate of drug-likeness (QED) is 0.453. The number of hydrogen-bond acceptors (Lipinski definition) is 4. The predicted octanol–water partition coefficient (Wildman–Crippen LogP) is 4.81. The Hall–Kier alpha value is -3.20. The van der Waals surface area contributed by atoms with Crippen molar-refractivity contribution in [2.24, 2.45) is 5.92 Å². The van der Waals surface area contributed by atoms with Gasteiger partial charge in [0.25, 0.3) is 10.0 Å². The minimum atomic E-state index is -3.91. The summed E-state index contributed by atoms with van der Waals surface area (Å²) in [5.41, 5.74) is 3.53. The van der Waals surface area contributed by atoms with Gasteiger partial charge in [-0.3, -0.25) is 4.31 Å². The first-order chi connectivity index (χ1) is 17.2. The van der Waals surface area contributed by atoms with E-state index in [4.69, 9.17) is 0 Å². The van der Waals surface area contributed by atoms with Gasteiger partial charge in [0.05, 0.1) is 15.8 Å². The van der Waals surface area contributed by atoms with Gasteiger partial charge in [-0.15, -0.1) is 0 Å². The second-order valence-electron chi connectivity index (χ2n) is 9.31. The molecule has 1 saturated heterocycles. The first kappa shape index (κ1) is 24.5. The molecule has 0 spiro atoms. The Morgan fingerprint density at radius 3 is 1.83 bits per heavy atom. The van der Waals surface area contributed by atoms with Gasteiger partial charge < -0.3 is 0 Å². The van der Waals surface area contributed by atoms with Crippen molar-refractivity contribution >= 4 is 20.0 Å². The zero-order valence-corrected chi connectivity index (χ0v) is 21.8. The van der Waals surface area contributed by atoms with E-state index in [-0.39, 0.29) is 28.8 Å². The highest BCUT2D eigenvalue weighted by Crippen LogP contribution is 2.38. The number of fused-ring (bicyclic) bond motifs is 1. The van der Waals surface area contributed by atoms with E-state index in [1.165, 1.54) is 8.61 Å². The van der Waals surface area contributed by atoms with Gasteiger partial charge in [0, 0.05) is 25.2 Å². The summed E-state index contributed by atoms with van der Waals surface area (Å²) in [4.78, 5) is 0.431. The number of sulfonamides is 2. The number of nitrogens with zero attached hydrogens (tertiary/aromatic N) is 2. The molecule has 8 heteroatoms. The van der Waals surface area contributed by atoms with Crippen molar-refractivity contribution in [3.8, 4) is 0 Å². The average Bonchev–Trinajstić information content (AvgIpc) is 3.19. The molecule has 0 bridgehead atoms. The smallest absolute Gasteiger partial charge is 0.262 e. The molecule has 2 heterocycles. The molecule has 3 aromatic rings. The molecule has 36 heavy (non-hydrogen) atoms. The first-order valence-corrected chi connectivity index (χ1v) is 14.7. The van der Waals surface area contributed by atoms with Crippen LogP contribution < -0.4 is 0 Å². The van der Waals surface area contributed by atoms with Crippen LogP contribution in [-0.4, -0.2) is 38.5 Å². The van der Waals surface area contributed by atoms with E-state index >= 15 is 0 Å². The van der Waals surface area contributed by atoms with Crippen molar-refractivity contribution in [1.29, 1.82) is 0 Å². The molecule has 6 nitrogen and oxygen atoms in total. The van der Waals surface area contributed by atoms with Crippen molar-refractivity contribution in [3.05, 3.63) is 119 Å². The second kappa shape index (κ2) is 9.35. The van der Waals surface area contributed by atoms with Crippen molar-refractivity contribution in [1.82, 2.24) is 8.61 Å². The summed E-state index contributed by atoms with van der Waals surface area (Å²) >= 11 is 0. The molecule has 0 aliphatic carbocycles. The summed E-state index contributed by atoms with van der Waals surface area (Å²) in [6, 6.07) is 22.5. The van der Waals surface area contributed by atoms with Gasteiger partial charge >= 0.3 is 0 Å². The molecule has 2 atom stereocenters. The molecule has 0 N–H and O–H groups in total. The Bertz CT molecular complexity index is 1530. The molecule has 0 aromatic heterocycles. The molecule has 186 valence electrons. The van der Waals surface area contributed by atoms with E-state index in [0.29, 0.717) is 0 Å². The van der Waals surface area contributed by atoms with Crippen LogP contribution in [0.5, 0.6) is 0 Å². The lowest BCUT2D eigenvalue weighted by Crippen LogP contribution is -2.31. The van der Waals surface area contributed by atoms with Gasteiger partial charge in [-0.1, -0.05) is 77.9 Å². The van der Waals surface area contributed by atoms with Gasteiger partial charge in [-0.25, -0.2) is 16.8 Å². The van der Waals surface area contributed by atoms with Crippen LogP contribution in [0.3, 0.4) is 0 Å². The fourth-order valence-electron chi connectivity index (χ4n) is 4.61. The standard InChI is InChI=1S/C28H28N2O4S2/c1-21-8-13-26(14-9-21)35(31,32)29-18-24-12-17-28(23-6-4-3-5-7-23)30(20-25(24)19-29)36(33,34)27-15-10-22(2)11-16-27/h3-17,20,24,28H,18-19H2,1-2H3/t24-,28+/m1/s1. The van der Waals surface area contributed by atoms with Gasteiger partial charge in [0.15, 0.2) is 0 Å². The highest BCUT2D eigenvalue weighted by atomic mass is 32.2. The van der Waals surface area contributed by atoms with Gasteiger partial charge in [0.2, 0.25) is 10.0 Å². The molecule has 0 radical (unpaired) electrons. The molecule has 0 saturated carbocycles. The molecule has 1 fully saturated rings. The molecular weight excluding hydrogens is 492 g/mol. The second-order valence-corrected chi connectivity index (χ2v) is 13.1. The van der Waals surface area contributed by atoms with Crippen LogP contribution in [0, 0.1) is 19.8 Å². The highest BCUT2D eigenvalue weighted by Gasteiger charge is 2.39. The van der Waals surface area contributed by atoms with Gasteiger partial charge in [-0.05, 0) is 49.2 Å². The zero-order valence-electron chi connectivity index (χ0n) is 20.2. The summed E-state index contributed by atoms with van der Waals surface area (Å²) in [7, 11) is -7.62. The molecule has 3 aromatic carbocycles. The number of aryl methyl sites for hydroxylation is 2. The summed E-state index contributed by atoms with van der Waals surface area (Å²) in [5, 5.41) is 0. The monoisotopic (exact) mass is 520 g/mol. The Kier molecular flexibility index (Phi) is 6.36. The average molecular weight is 521 g/mol. The SMILES string of the molecule is Cc1ccc(S(=O)(=O)N2CC3=CN(S(=O)(=O)c4ccc(C)cc4)[C@H](c4ccccc4)C=C[C@@H]3C2)cc1. The van der Waals surface area contributed by atoms with Crippen LogP contribution in [0.1, 0.15) is 22.7 Å². The Morgan fingerprint density at radius 1 is 0.694 bits per heavy atom. The molecule has 2 aliphatic rings. The van der Waals surface area contributed by atoms with Crippen molar-refractivity contribution in [3.63, 3.8) is 0 Å². The summed E-state index contributed by atoms with van der Waals surface area (Å²) in [6.07, 6.45) is 5.46. The van der Waals surface area contributed by atoms with Crippen LogP contribution >= 0.6 is 0 Å².